The smallest absolute Gasteiger partial charge is 0.406 e. The lowest BCUT2D eigenvalue weighted by atomic mass is 10.3. The van der Waals surface area contributed by atoms with Gasteiger partial charge in [0.25, 0.3) is 5.91 Å². The van der Waals surface area contributed by atoms with Gasteiger partial charge in [-0.2, -0.15) is 0 Å². The Bertz CT molecular complexity index is 584. The minimum atomic E-state index is -0.661. The summed E-state index contributed by atoms with van der Waals surface area (Å²) in [7, 11) is 0. The molecular formula is C13H16N4O5. The molecule has 0 spiro atoms. The molecule has 0 bridgehead atoms. The molecule has 1 aliphatic heterocycles. The van der Waals surface area contributed by atoms with E-state index < -0.39 is 10.7 Å². The number of carbonyl (C=O) groups excluding carboxylic acids is 2. The highest BCUT2D eigenvalue weighted by Gasteiger charge is 2.23. The van der Waals surface area contributed by atoms with Crippen LogP contribution in [0.5, 0.6) is 5.75 Å². The van der Waals surface area contributed by atoms with E-state index >= 15 is 0 Å². The molecular weight excluding hydrogens is 292 g/mol. The molecule has 1 aromatic rings. The molecule has 1 aliphatic rings. The van der Waals surface area contributed by atoms with Crippen molar-refractivity contribution in [3.8, 4) is 5.75 Å². The molecule has 0 atom stereocenters. The van der Waals surface area contributed by atoms with Crippen molar-refractivity contribution in [2.45, 2.75) is 6.92 Å². The van der Waals surface area contributed by atoms with Crippen molar-refractivity contribution < 1.29 is 19.2 Å². The Kier molecular flexibility index (Phi) is 4.87. The standard InChI is InChI=1S/C13H16N4O5/c1-10(18)15-5-7-16(8-6-15)12(19)9-22-11-3-2-4-14-13(11)17(20)21/h2-4H,5-9H2,1H3. The van der Waals surface area contributed by atoms with Crippen LogP contribution in [-0.4, -0.2) is 64.3 Å². The largest absolute Gasteiger partial charge is 0.476 e. The Hall–Kier alpha value is -2.71. The predicted octanol–water partition coefficient (Wildman–Crippen LogP) is 0.0593. The van der Waals surface area contributed by atoms with Crippen molar-refractivity contribution in [3.05, 3.63) is 28.4 Å². The first-order valence-corrected chi connectivity index (χ1v) is 6.74. The minimum Gasteiger partial charge on any atom is -0.476 e. The van der Waals surface area contributed by atoms with Crippen LogP contribution >= 0.6 is 0 Å². The monoisotopic (exact) mass is 308 g/mol. The average Bonchev–Trinajstić information content (AvgIpc) is 2.52. The molecule has 1 aromatic heterocycles. The molecule has 9 heteroatoms. The lowest BCUT2D eigenvalue weighted by molar-refractivity contribution is -0.390. The summed E-state index contributed by atoms with van der Waals surface area (Å²) in [5.41, 5.74) is 0. The SMILES string of the molecule is CC(=O)N1CCN(C(=O)COc2cccnc2[N+](=O)[O-])CC1. The molecule has 2 amide bonds. The van der Waals surface area contributed by atoms with E-state index in [2.05, 4.69) is 4.98 Å². The Balaban J connectivity index is 1.89. The third-order valence-corrected chi connectivity index (χ3v) is 3.35. The number of carbonyl (C=O) groups is 2. The van der Waals surface area contributed by atoms with Crippen LogP contribution in [0.3, 0.4) is 0 Å². The maximum atomic E-state index is 12.0. The highest BCUT2D eigenvalue weighted by Crippen LogP contribution is 2.22. The topological polar surface area (TPSA) is 106 Å². The van der Waals surface area contributed by atoms with Crippen LogP contribution in [0.2, 0.25) is 0 Å². The van der Waals surface area contributed by atoms with E-state index in [1.807, 2.05) is 0 Å². The predicted molar refractivity (Wildman–Crippen MR) is 75.2 cm³/mol. The first-order valence-electron chi connectivity index (χ1n) is 6.74. The molecule has 9 nitrogen and oxygen atoms in total. The van der Waals surface area contributed by atoms with E-state index in [1.165, 1.54) is 25.3 Å². The fourth-order valence-electron chi connectivity index (χ4n) is 2.13. The van der Waals surface area contributed by atoms with Crippen LogP contribution < -0.4 is 4.74 Å². The van der Waals surface area contributed by atoms with Gasteiger partial charge in [-0.25, -0.2) is 0 Å². The highest BCUT2D eigenvalue weighted by molar-refractivity contribution is 5.78. The van der Waals surface area contributed by atoms with Gasteiger partial charge in [0.1, 0.15) is 6.20 Å². The first-order chi connectivity index (χ1) is 10.5. The second-order valence-corrected chi connectivity index (χ2v) is 4.76. The molecule has 2 rings (SSSR count). The maximum Gasteiger partial charge on any atom is 0.406 e. The lowest BCUT2D eigenvalue weighted by Gasteiger charge is -2.34. The molecule has 2 heterocycles. The molecule has 0 aliphatic carbocycles. The number of nitrogens with zero attached hydrogens (tertiary/aromatic N) is 4. The molecule has 22 heavy (non-hydrogen) atoms. The van der Waals surface area contributed by atoms with Gasteiger partial charge in [-0.1, -0.05) is 0 Å². The summed E-state index contributed by atoms with van der Waals surface area (Å²) in [5.74, 6) is -0.754. The fourth-order valence-corrected chi connectivity index (χ4v) is 2.13. The van der Waals surface area contributed by atoms with E-state index in [0.29, 0.717) is 26.2 Å². The Morgan fingerprint density at radius 2 is 1.95 bits per heavy atom. The summed E-state index contributed by atoms with van der Waals surface area (Å²) < 4.78 is 5.21. The Labute approximate surface area is 126 Å². The van der Waals surface area contributed by atoms with Crippen molar-refractivity contribution in [2.75, 3.05) is 32.8 Å². The first kappa shape index (κ1) is 15.7. The number of aromatic nitrogens is 1. The van der Waals surface area contributed by atoms with Gasteiger partial charge in [0, 0.05) is 33.1 Å². The zero-order chi connectivity index (χ0) is 16.1. The van der Waals surface area contributed by atoms with Gasteiger partial charge in [0.05, 0.1) is 0 Å². The molecule has 1 fully saturated rings. The van der Waals surface area contributed by atoms with Crippen LogP contribution in [0.1, 0.15) is 6.92 Å². The maximum absolute atomic E-state index is 12.0. The fraction of sp³-hybridized carbons (Fsp3) is 0.462. The third-order valence-electron chi connectivity index (χ3n) is 3.35. The van der Waals surface area contributed by atoms with E-state index in [1.54, 1.807) is 9.80 Å². The van der Waals surface area contributed by atoms with E-state index in [9.17, 15) is 19.7 Å². The van der Waals surface area contributed by atoms with Gasteiger partial charge in [-0.05, 0) is 22.0 Å². The van der Waals surface area contributed by atoms with Gasteiger partial charge in [0.2, 0.25) is 11.7 Å². The quantitative estimate of drug-likeness (QED) is 0.575. The van der Waals surface area contributed by atoms with Gasteiger partial charge >= 0.3 is 5.82 Å². The Morgan fingerprint density at radius 1 is 1.32 bits per heavy atom. The van der Waals surface area contributed by atoms with Crippen molar-refractivity contribution in [2.24, 2.45) is 0 Å². The van der Waals surface area contributed by atoms with Crippen LogP contribution in [0.15, 0.2) is 18.3 Å². The number of hydrogen-bond donors (Lipinski definition) is 0. The van der Waals surface area contributed by atoms with Crippen LogP contribution in [-0.2, 0) is 9.59 Å². The number of pyridine rings is 1. The molecule has 0 unspecified atom stereocenters. The molecule has 1 saturated heterocycles. The van der Waals surface area contributed by atoms with Crippen molar-refractivity contribution >= 4 is 17.6 Å². The zero-order valence-corrected chi connectivity index (χ0v) is 12.1. The second-order valence-electron chi connectivity index (χ2n) is 4.76. The van der Waals surface area contributed by atoms with Crippen molar-refractivity contribution in [1.29, 1.82) is 0 Å². The molecule has 0 N–H and O–H groups in total. The number of nitro groups is 1. The Morgan fingerprint density at radius 3 is 2.55 bits per heavy atom. The van der Waals surface area contributed by atoms with E-state index in [4.69, 9.17) is 4.74 Å². The number of piperazine rings is 1. The van der Waals surface area contributed by atoms with Crippen LogP contribution in [0.25, 0.3) is 0 Å². The number of amides is 2. The molecule has 118 valence electrons. The minimum absolute atomic E-state index is 0.0191. The van der Waals surface area contributed by atoms with E-state index in [-0.39, 0.29) is 24.2 Å². The van der Waals surface area contributed by atoms with Crippen LogP contribution in [0.4, 0.5) is 5.82 Å². The van der Waals surface area contributed by atoms with Gasteiger partial charge < -0.3 is 24.7 Å². The third kappa shape index (κ3) is 3.68. The normalized spacial score (nSPS) is 14.6. The summed E-state index contributed by atoms with van der Waals surface area (Å²) in [4.78, 5) is 40.2. The van der Waals surface area contributed by atoms with Crippen molar-refractivity contribution in [1.82, 2.24) is 14.8 Å². The summed E-state index contributed by atoms with van der Waals surface area (Å²) in [6.45, 7) is 3.00. The van der Waals surface area contributed by atoms with Crippen LogP contribution in [0, 0.1) is 10.1 Å². The summed E-state index contributed by atoms with van der Waals surface area (Å²) in [6, 6.07) is 2.89. The van der Waals surface area contributed by atoms with E-state index in [0.717, 1.165) is 0 Å². The summed E-state index contributed by atoms with van der Waals surface area (Å²) in [6.07, 6.45) is 1.29. The second kappa shape index (κ2) is 6.83. The summed E-state index contributed by atoms with van der Waals surface area (Å²) >= 11 is 0. The van der Waals surface area contributed by atoms with Gasteiger partial charge in [0.15, 0.2) is 6.61 Å². The van der Waals surface area contributed by atoms with Gasteiger partial charge in [-0.3, -0.25) is 9.59 Å². The average molecular weight is 308 g/mol. The summed E-state index contributed by atoms with van der Waals surface area (Å²) in [5, 5.41) is 10.8. The molecule has 0 aromatic carbocycles. The number of hydrogen-bond acceptors (Lipinski definition) is 6. The zero-order valence-electron chi connectivity index (χ0n) is 12.1. The van der Waals surface area contributed by atoms with Gasteiger partial charge in [-0.15, -0.1) is 0 Å². The molecule has 0 saturated carbocycles. The molecule has 0 radical (unpaired) electrons. The highest BCUT2D eigenvalue weighted by atomic mass is 16.6. The number of rotatable bonds is 4. The number of ether oxygens (including phenoxy) is 1. The lowest BCUT2D eigenvalue weighted by Crippen LogP contribution is -2.51. The van der Waals surface area contributed by atoms with Crippen molar-refractivity contribution in [3.63, 3.8) is 0 Å².